The minimum Gasteiger partial charge on any atom is -0.461 e. The second kappa shape index (κ2) is 4.96. The first kappa shape index (κ1) is 14.6. The van der Waals surface area contributed by atoms with E-state index in [9.17, 15) is 4.79 Å². The van der Waals surface area contributed by atoms with Crippen LogP contribution in [0.4, 0.5) is 0 Å². The molecule has 1 aromatic carbocycles. The van der Waals surface area contributed by atoms with Crippen LogP contribution in [-0.2, 0) is 6.54 Å². The Balaban J connectivity index is 0.00000147. The summed E-state index contributed by atoms with van der Waals surface area (Å²) >= 11 is 0. The summed E-state index contributed by atoms with van der Waals surface area (Å²) in [6, 6.07) is 3.50. The predicted molar refractivity (Wildman–Crippen MR) is 81.6 cm³/mol. The van der Waals surface area contributed by atoms with E-state index in [0.717, 1.165) is 38.8 Å². The van der Waals surface area contributed by atoms with E-state index in [1.165, 1.54) is 6.07 Å². The Morgan fingerprint density at radius 2 is 1.70 bits per heavy atom. The molecule has 0 unspecified atom stereocenters. The summed E-state index contributed by atoms with van der Waals surface area (Å²) in [5.74, 6) is 0.816. The van der Waals surface area contributed by atoms with Gasteiger partial charge in [-0.2, -0.15) is 0 Å². The van der Waals surface area contributed by atoms with Gasteiger partial charge >= 0.3 is 5.63 Å². The monoisotopic (exact) mass is 293 g/mol. The lowest BCUT2D eigenvalue weighted by Crippen LogP contribution is -2.00. The lowest BCUT2D eigenvalue weighted by molar-refractivity contribution is 0.550. The second-order valence-electron chi connectivity index (χ2n) is 4.84. The molecule has 0 amide bonds. The third kappa shape index (κ3) is 1.92. The SMILES string of the molecule is Cc1oc2c(C)c3oc(=O)cc(C)c3cc2c1CN.Cl. The molecule has 0 saturated carbocycles. The Morgan fingerprint density at radius 3 is 2.35 bits per heavy atom. The van der Waals surface area contributed by atoms with Crippen molar-refractivity contribution in [2.45, 2.75) is 27.3 Å². The molecule has 3 aromatic rings. The first-order valence-electron chi connectivity index (χ1n) is 6.19. The molecule has 106 valence electrons. The van der Waals surface area contributed by atoms with Gasteiger partial charge in [0, 0.05) is 34.5 Å². The fourth-order valence-corrected chi connectivity index (χ4v) is 2.61. The summed E-state index contributed by atoms with van der Waals surface area (Å²) in [6.45, 7) is 6.13. The van der Waals surface area contributed by atoms with Gasteiger partial charge in [0.1, 0.15) is 16.9 Å². The number of nitrogens with two attached hydrogens (primary N) is 1. The van der Waals surface area contributed by atoms with E-state index >= 15 is 0 Å². The number of aryl methyl sites for hydroxylation is 3. The van der Waals surface area contributed by atoms with Crippen LogP contribution < -0.4 is 11.4 Å². The maximum Gasteiger partial charge on any atom is 0.336 e. The molecule has 0 atom stereocenters. The summed E-state index contributed by atoms with van der Waals surface area (Å²) < 4.78 is 11.1. The van der Waals surface area contributed by atoms with Crippen molar-refractivity contribution in [2.75, 3.05) is 0 Å². The number of furan rings is 1. The average Bonchev–Trinajstić information content (AvgIpc) is 2.67. The largest absolute Gasteiger partial charge is 0.461 e. The van der Waals surface area contributed by atoms with Crippen molar-refractivity contribution in [3.05, 3.63) is 45.0 Å². The van der Waals surface area contributed by atoms with Gasteiger partial charge in [-0.3, -0.25) is 0 Å². The van der Waals surface area contributed by atoms with Gasteiger partial charge in [-0.1, -0.05) is 0 Å². The Kier molecular flexibility index (Phi) is 3.63. The van der Waals surface area contributed by atoms with Crippen LogP contribution in [0.2, 0.25) is 0 Å². The normalized spacial score (nSPS) is 11.0. The van der Waals surface area contributed by atoms with Gasteiger partial charge in [-0.25, -0.2) is 4.79 Å². The van der Waals surface area contributed by atoms with Crippen molar-refractivity contribution >= 4 is 34.3 Å². The minimum absolute atomic E-state index is 0. The number of halogens is 1. The number of fused-ring (bicyclic) bond motifs is 2. The van der Waals surface area contributed by atoms with Gasteiger partial charge in [0.25, 0.3) is 0 Å². The molecule has 2 aromatic heterocycles. The lowest BCUT2D eigenvalue weighted by atomic mass is 10.0. The number of benzene rings is 1. The van der Waals surface area contributed by atoms with E-state index < -0.39 is 0 Å². The molecule has 4 nitrogen and oxygen atoms in total. The molecule has 0 fully saturated rings. The van der Waals surface area contributed by atoms with Crippen LogP contribution >= 0.6 is 12.4 Å². The first-order valence-corrected chi connectivity index (χ1v) is 6.19. The van der Waals surface area contributed by atoms with E-state index in [1.807, 2.05) is 26.8 Å². The van der Waals surface area contributed by atoms with Gasteiger partial charge in [0.2, 0.25) is 0 Å². The molecular weight excluding hydrogens is 278 g/mol. The molecule has 2 heterocycles. The highest BCUT2D eigenvalue weighted by Gasteiger charge is 2.16. The first-order chi connectivity index (χ1) is 9.02. The van der Waals surface area contributed by atoms with E-state index in [1.54, 1.807) is 0 Å². The van der Waals surface area contributed by atoms with Crippen molar-refractivity contribution in [3.8, 4) is 0 Å². The zero-order chi connectivity index (χ0) is 13.7. The molecule has 2 N–H and O–H groups in total. The van der Waals surface area contributed by atoms with Gasteiger partial charge in [-0.05, 0) is 32.4 Å². The fourth-order valence-electron chi connectivity index (χ4n) is 2.61. The van der Waals surface area contributed by atoms with Crippen LogP contribution in [0.25, 0.3) is 21.9 Å². The molecule has 0 aliphatic carbocycles. The topological polar surface area (TPSA) is 69.4 Å². The van der Waals surface area contributed by atoms with E-state index in [0.29, 0.717) is 12.1 Å². The maximum absolute atomic E-state index is 11.5. The van der Waals surface area contributed by atoms with Crippen molar-refractivity contribution in [1.29, 1.82) is 0 Å². The van der Waals surface area contributed by atoms with Crippen LogP contribution in [0.5, 0.6) is 0 Å². The quantitative estimate of drug-likeness (QED) is 0.699. The zero-order valence-electron chi connectivity index (χ0n) is 11.6. The summed E-state index contributed by atoms with van der Waals surface area (Å²) in [7, 11) is 0. The van der Waals surface area contributed by atoms with Gasteiger partial charge in [0.15, 0.2) is 0 Å². The van der Waals surface area contributed by atoms with Crippen molar-refractivity contribution in [1.82, 2.24) is 0 Å². The van der Waals surface area contributed by atoms with E-state index in [4.69, 9.17) is 14.6 Å². The average molecular weight is 294 g/mol. The highest BCUT2D eigenvalue weighted by molar-refractivity contribution is 5.99. The Bertz CT molecular complexity index is 861. The molecule has 20 heavy (non-hydrogen) atoms. The Hall–Kier alpha value is -1.78. The molecule has 0 aliphatic heterocycles. The Morgan fingerprint density at radius 1 is 1.05 bits per heavy atom. The number of hydrogen-bond donors (Lipinski definition) is 1. The molecule has 0 radical (unpaired) electrons. The summed E-state index contributed by atoms with van der Waals surface area (Å²) in [5, 5.41) is 1.93. The molecule has 0 aliphatic rings. The van der Waals surface area contributed by atoms with Crippen molar-refractivity contribution < 1.29 is 8.83 Å². The number of hydrogen-bond acceptors (Lipinski definition) is 4. The molecule has 3 rings (SSSR count). The van der Waals surface area contributed by atoms with Crippen LogP contribution in [0.1, 0.15) is 22.5 Å². The highest BCUT2D eigenvalue weighted by Crippen LogP contribution is 2.33. The molecule has 0 spiro atoms. The van der Waals surface area contributed by atoms with Crippen LogP contribution in [0.15, 0.2) is 25.8 Å². The third-order valence-electron chi connectivity index (χ3n) is 3.63. The maximum atomic E-state index is 11.5. The van der Waals surface area contributed by atoms with Gasteiger partial charge in [0.05, 0.1) is 0 Å². The highest BCUT2D eigenvalue weighted by atomic mass is 35.5. The van der Waals surface area contributed by atoms with E-state index in [-0.39, 0.29) is 18.0 Å². The van der Waals surface area contributed by atoms with Crippen molar-refractivity contribution in [3.63, 3.8) is 0 Å². The molecule has 5 heteroatoms. The second-order valence-corrected chi connectivity index (χ2v) is 4.84. The standard InChI is InChI=1S/C15H15NO3.ClH/c1-7-4-13(17)19-14-8(2)15-11(5-10(7)14)12(6-16)9(3)18-15;/h4-5H,6,16H2,1-3H3;1H. The lowest BCUT2D eigenvalue weighted by Gasteiger charge is -2.04. The minimum atomic E-state index is -0.338. The zero-order valence-corrected chi connectivity index (χ0v) is 12.4. The fraction of sp³-hybridized carbons (Fsp3) is 0.267. The van der Waals surface area contributed by atoms with Crippen molar-refractivity contribution in [2.24, 2.45) is 5.73 Å². The third-order valence-corrected chi connectivity index (χ3v) is 3.63. The van der Waals surface area contributed by atoms with Crippen LogP contribution in [0, 0.1) is 20.8 Å². The summed E-state index contributed by atoms with van der Waals surface area (Å²) in [6.07, 6.45) is 0. The summed E-state index contributed by atoms with van der Waals surface area (Å²) in [4.78, 5) is 11.5. The summed E-state index contributed by atoms with van der Waals surface area (Å²) in [5.41, 5.74) is 9.54. The number of rotatable bonds is 1. The van der Waals surface area contributed by atoms with Crippen LogP contribution in [0.3, 0.4) is 0 Å². The van der Waals surface area contributed by atoms with Gasteiger partial charge < -0.3 is 14.6 Å². The Labute approximate surface area is 122 Å². The smallest absolute Gasteiger partial charge is 0.336 e. The molecule has 0 saturated heterocycles. The molecular formula is C15H16ClNO3. The molecule has 0 bridgehead atoms. The van der Waals surface area contributed by atoms with Crippen LogP contribution in [-0.4, -0.2) is 0 Å². The van der Waals surface area contributed by atoms with E-state index in [2.05, 4.69) is 0 Å². The van der Waals surface area contributed by atoms with Gasteiger partial charge in [-0.15, -0.1) is 12.4 Å². The predicted octanol–water partition coefficient (Wildman–Crippen LogP) is 3.34.